The lowest BCUT2D eigenvalue weighted by atomic mass is 10.1. The second-order valence-electron chi connectivity index (χ2n) is 7.70. The van der Waals surface area contributed by atoms with E-state index in [2.05, 4.69) is 35.9 Å². The van der Waals surface area contributed by atoms with Crippen LogP contribution in [0.15, 0.2) is 66.7 Å². The molecule has 1 heterocycles. The van der Waals surface area contributed by atoms with Crippen molar-refractivity contribution in [2.45, 2.75) is 26.8 Å². The van der Waals surface area contributed by atoms with Crippen molar-refractivity contribution in [1.82, 2.24) is 14.9 Å². The van der Waals surface area contributed by atoms with Gasteiger partial charge in [0.05, 0.1) is 28.2 Å². The Hall–Kier alpha value is -3.31. The third-order valence-electron chi connectivity index (χ3n) is 5.61. The number of aryl methyl sites for hydroxylation is 1. The first-order valence-electron chi connectivity index (χ1n) is 10.7. The Kier molecular flexibility index (Phi) is 6.76. The standard InChI is InChI=1S/C26H26ClN3O2/c1-18-8-7-13-24(19(18)2)32-17-16-30-23-12-6-5-11-22(23)29-25(30)14-15-28-26(31)20-9-3-4-10-21(20)27/h3-13H,14-17H2,1-2H3,(H,28,31). The Bertz CT molecular complexity index is 1250. The van der Waals surface area contributed by atoms with E-state index in [1.165, 1.54) is 5.56 Å². The van der Waals surface area contributed by atoms with Gasteiger partial charge in [-0.3, -0.25) is 4.79 Å². The van der Waals surface area contributed by atoms with E-state index in [9.17, 15) is 4.79 Å². The Morgan fingerprint density at radius 3 is 2.66 bits per heavy atom. The molecule has 1 amide bonds. The number of nitrogens with zero attached hydrogens (tertiary/aromatic N) is 2. The molecule has 3 aromatic carbocycles. The first-order chi connectivity index (χ1) is 15.5. The van der Waals surface area contributed by atoms with Crippen molar-refractivity contribution in [3.05, 3.63) is 94.3 Å². The summed E-state index contributed by atoms with van der Waals surface area (Å²) in [4.78, 5) is 17.2. The monoisotopic (exact) mass is 447 g/mol. The summed E-state index contributed by atoms with van der Waals surface area (Å²) < 4.78 is 8.24. The van der Waals surface area contributed by atoms with Gasteiger partial charge in [0.15, 0.2) is 0 Å². The molecule has 0 atom stereocenters. The van der Waals surface area contributed by atoms with Gasteiger partial charge in [0.1, 0.15) is 18.2 Å². The summed E-state index contributed by atoms with van der Waals surface area (Å²) in [6, 6.07) is 21.2. The average molecular weight is 448 g/mol. The van der Waals surface area contributed by atoms with Gasteiger partial charge in [-0.1, -0.05) is 48.0 Å². The van der Waals surface area contributed by atoms with Crippen LogP contribution in [0, 0.1) is 13.8 Å². The molecular formula is C26H26ClN3O2. The summed E-state index contributed by atoms with van der Waals surface area (Å²) in [7, 11) is 0. The minimum Gasteiger partial charge on any atom is -0.491 e. The molecule has 0 aliphatic heterocycles. The molecule has 1 N–H and O–H groups in total. The third kappa shape index (κ3) is 4.78. The van der Waals surface area contributed by atoms with E-state index in [0.29, 0.717) is 36.7 Å². The second-order valence-corrected chi connectivity index (χ2v) is 8.11. The van der Waals surface area contributed by atoms with E-state index in [1.54, 1.807) is 18.2 Å². The number of imidazole rings is 1. The van der Waals surface area contributed by atoms with Crippen LogP contribution < -0.4 is 10.1 Å². The van der Waals surface area contributed by atoms with E-state index in [1.807, 2.05) is 36.4 Å². The second kappa shape index (κ2) is 9.88. The van der Waals surface area contributed by atoms with Gasteiger partial charge in [-0.2, -0.15) is 0 Å². The van der Waals surface area contributed by atoms with E-state index in [-0.39, 0.29) is 5.91 Å². The molecule has 32 heavy (non-hydrogen) atoms. The van der Waals surface area contributed by atoms with Crippen LogP contribution in [0.4, 0.5) is 0 Å². The zero-order valence-corrected chi connectivity index (χ0v) is 19.0. The SMILES string of the molecule is Cc1cccc(OCCn2c(CCNC(=O)c3ccccc3Cl)nc3ccccc32)c1C. The van der Waals surface area contributed by atoms with Crippen LogP contribution in [0.5, 0.6) is 5.75 Å². The van der Waals surface area contributed by atoms with Gasteiger partial charge in [-0.25, -0.2) is 4.98 Å². The van der Waals surface area contributed by atoms with Crippen molar-refractivity contribution < 1.29 is 9.53 Å². The number of nitrogens with one attached hydrogen (secondary N) is 1. The van der Waals surface area contributed by atoms with Gasteiger partial charge >= 0.3 is 0 Å². The number of benzene rings is 3. The Morgan fingerprint density at radius 1 is 1.03 bits per heavy atom. The van der Waals surface area contributed by atoms with Gasteiger partial charge in [0.25, 0.3) is 5.91 Å². The normalized spacial score (nSPS) is 11.0. The lowest BCUT2D eigenvalue weighted by Crippen LogP contribution is -2.27. The van der Waals surface area contributed by atoms with Crippen LogP contribution in [0.2, 0.25) is 5.02 Å². The molecular weight excluding hydrogens is 422 g/mol. The molecule has 0 fully saturated rings. The number of carbonyl (C=O) groups is 1. The molecule has 0 bridgehead atoms. The number of halogens is 1. The van der Waals surface area contributed by atoms with Crippen LogP contribution in [0.3, 0.4) is 0 Å². The van der Waals surface area contributed by atoms with Crippen LogP contribution in [-0.2, 0) is 13.0 Å². The number of fused-ring (bicyclic) bond motifs is 1. The highest BCUT2D eigenvalue weighted by molar-refractivity contribution is 6.33. The fraction of sp³-hybridized carbons (Fsp3) is 0.231. The fourth-order valence-corrected chi connectivity index (χ4v) is 3.94. The summed E-state index contributed by atoms with van der Waals surface area (Å²) >= 11 is 6.13. The summed E-state index contributed by atoms with van der Waals surface area (Å²) in [5, 5.41) is 3.39. The minimum absolute atomic E-state index is 0.184. The highest BCUT2D eigenvalue weighted by Gasteiger charge is 2.13. The highest BCUT2D eigenvalue weighted by Crippen LogP contribution is 2.21. The van der Waals surface area contributed by atoms with Crippen LogP contribution in [-0.4, -0.2) is 28.6 Å². The molecule has 4 aromatic rings. The average Bonchev–Trinajstić information content (AvgIpc) is 3.14. The number of carbonyl (C=O) groups excluding carboxylic acids is 1. The van der Waals surface area contributed by atoms with Crippen molar-refractivity contribution in [3.8, 4) is 5.75 Å². The molecule has 0 saturated carbocycles. The van der Waals surface area contributed by atoms with Crippen LogP contribution in [0.25, 0.3) is 11.0 Å². The summed E-state index contributed by atoms with van der Waals surface area (Å²) in [5.41, 5.74) is 4.84. The maximum atomic E-state index is 12.5. The fourth-order valence-electron chi connectivity index (χ4n) is 3.72. The van der Waals surface area contributed by atoms with E-state index in [0.717, 1.165) is 28.2 Å². The number of aromatic nitrogens is 2. The lowest BCUT2D eigenvalue weighted by Gasteiger charge is -2.13. The number of para-hydroxylation sites is 2. The summed E-state index contributed by atoms with van der Waals surface area (Å²) in [5.74, 6) is 1.63. The minimum atomic E-state index is -0.184. The van der Waals surface area contributed by atoms with Crippen molar-refractivity contribution in [2.75, 3.05) is 13.2 Å². The summed E-state index contributed by atoms with van der Waals surface area (Å²) in [6.07, 6.45) is 0.606. The van der Waals surface area contributed by atoms with E-state index < -0.39 is 0 Å². The molecule has 4 rings (SSSR count). The highest BCUT2D eigenvalue weighted by atomic mass is 35.5. The van der Waals surface area contributed by atoms with Gasteiger partial charge < -0.3 is 14.6 Å². The Labute approximate surface area is 193 Å². The van der Waals surface area contributed by atoms with Crippen molar-refractivity contribution >= 4 is 28.5 Å². The Morgan fingerprint density at radius 2 is 1.81 bits per heavy atom. The maximum Gasteiger partial charge on any atom is 0.252 e. The molecule has 0 aliphatic rings. The zero-order chi connectivity index (χ0) is 22.5. The number of rotatable bonds is 8. The molecule has 5 nitrogen and oxygen atoms in total. The molecule has 6 heteroatoms. The van der Waals surface area contributed by atoms with Gasteiger partial charge in [-0.05, 0) is 55.3 Å². The molecule has 0 saturated heterocycles. The summed E-state index contributed by atoms with van der Waals surface area (Å²) in [6.45, 7) is 5.82. The van der Waals surface area contributed by atoms with Crippen LogP contribution >= 0.6 is 11.6 Å². The molecule has 164 valence electrons. The van der Waals surface area contributed by atoms with E-state index >= 15 is 0 Å². The van der Waals surface area contributed by atoms with Gasteiger partial charge in [-0.15, -0.1) is 0 Å². The molecule has 1 aromatic heterocycles. The van der Waals surface area contributed by atoms with Crippen LogP contribution in [0.1, 0.15) is 27.3 Å². The molecule has 0 aliphatic carbocycles. The lowest BCUT2D eigenvalue weighted by molar-refractivity contribution is 0.0954. The predicted molar refractivity (Wildman–Crippen MR) is 129 cm³/mol. The van der Waals surface area contributed by atoms with Crippen molar-refractivity contribution in [1.29, 1.82) is 0 Å². The quantitative estimate of drug-likeness (QED) is 0.395. The smallest absolute Gasteiger partial charge is 0.252 e. The Balaban J connectivity index is 1.45. The van der Waals surface area contributed by atoms with Crippen molar-refractivity contribution in [2.24, 2.45) is 0 Å². The van der Waals surface area contributed by atoms with Gasteiger partial charge in [0.2, 0.25) is 0 Å². The van der Waals surface area contributed by atoms with Crippen molar-refractivity contribution in [3.63, 3.8) is 0 Å². The number of hydrogen-bond acceptors (Lipinski definition) is 3. The number of hydrogen-bond donors (Lipinski definition) is 1. The van der Waals surface area contributed by atoms with Gasteiger partial charge in [0, 0.05) is 13.0 Å². The molecule has 0 radical (unpaired) electrons. The molecule has 0 unspecified atom stereocenters. The van der Waals surface area contributed by atoms with E-state index in [4.69, 9.17) is 21.3 Å². The number of amides is 1. The maximum absolute atomic E-state index is 12.5. The third-order valence-corrected chi connectivity index (χ3v) is 5.94. The number of ether oxygens (including phenoxy) is 1. The largest absolute Gasteiger partial charge is 0.491 e. The predicted octanol–water partition coefficient (Wildman–Crippen LogP) is 5.36. The topological polar surface area (TPSA) is 56.1 Å². The first-order valence-corrected chi connectivity index (χ1v) is 11.1. The first kappa shape index (κ1) is 21.9. The molecule has 0 spiro atoms. The zero-order valence-electron chi connectivity index (χ0n) is 18.3.